The molecule has 1 aromatic carbocycles. The Bertz CT molecular complexity index is 653. The van der Waals surface area contributed by atoms with Gasteiger partial charge in [-0.15, -0.1) is 0 Å². The van der Waals surface area contributed by atoms with Crippen LogP contribution in [0.5, 0.6) is 0 Å². The number of aryl methyl sites for hydroxylation is 2. The minimum absolute atomic E-state index is 0.143. The highest BCUT2D eigenvalue weighted by Crippen LogP contribution is 2.60. The van der Waals surface area contributed by atoms with Crippen molar-refractivity contribution in [3.63, 3.8) is 0 Å². The maximum absolute atomic E-state index is 12.6. The predicted molar refractivity (Wildman–Crippen MR) is 85.5 cm³/mol. The van der Waals surface area contributed by atoms with E-state index in [1.54, 1.807) is 0 Å². The molecule has 4 rings (SSSR count). The summed E-state index contributed by atoms with van der Waals surface area (Å²) in [6.07, 6.45) is 2.58. The molecule has 0 aromatic heterocycles. The Kier molecular flexibility index (Phi) is 2.96. The Morgan fingerprint density at radius 3 is 2.77 bits per heavy atom. The molecular weight excluding hydrogens is 274 g/mol. The van der Waals surface area contributed by atoms with Gasteiger partial charge in [-0.05, 0) is 60.8 Å². The molecule has 22 heavy (non-hydrogen) atoms. The summed E-state index contributed by atoms with van der Waals surface area (Å²) in [5, 5.41) is 9.87. The van der Waals surface area contributed by atoms with E-state index in [9.17, 15) is 9.90 Å². The second-order valence-corrected chi connectivity index (χ2v) is 7.65. The number of carbonyl (C=O) groups excluding carboxylic acids is 1. The zero-order valence-corrected chi connectivity index (χ0v) is 13.7. The van der Waals surface area contributed by atoms with Crippen LogP contribution in [0.3, 0.4) is 0 Å². The SMILES string of the molecule is Cc1cc2c(cc1C)[C@@]13C[C@H](C)[C@@H](CO)[C@@H]1CC(=O)N3CC2. The van der Waals surface area contributed by atoms with E-state index in [4.69, 9.17) is 0 Å². The minimum atomic E-state index is -0.143. The van der Waals surface area contributed by atoms with E-state index >= 15 is 0 Å². The highest BCUT2D eigenvalue weighted by atomic mass is 16.3. The Hall–Kier alpha value is -1.35. The van der Waals surface area contributed by atoms with Crippen molar-refractivity contribution in [1.82, 2.24) is 4.90 Å². The maximum Gasteiger partial charge on any atom is 0.223 e. The lowest BCUT2D eigenvalue weighted by atomic mass is 9.73. The number of carbonyl (C=O) groups is 1. The zero-order valence-electron chi connectivity index (χ0n) is 13.7. The molecule has 3 nitrogen and oxygen atoms in total. The molecule has 1 saturated carbocycles. The summed E-state index contributed by atoms with van der Waals surface area (Å²) >= 11 is 0. The molecule has 1 N–H and O–H groups in total. The topological polar surface area (TPSA) is 40.5 Å². The number of hydrogen-bond acceptors (Lipinski definition) is 2. The summed E-state index contributed by atoms with van der Waals surface area (Å²) in [6.45, 7) is 7.63. The molecule has 3 heteroatoms. The monoisotopic (exact) mass is 299 g/mol. The average molecular weight is 299 g/mol. The first-order valence-electron chi connectivity index (χ1n) is 8.51. The van der Waals surface area contributed by atoms with Gasteiger partial charge < -0.3 is 10.0 Å². The highest BCUT2D eigenvalue weighted by molar-refractivity contribution is 5.82. The molecule has 1 amide bonds. The van der Waals surface area contributed by atoms with Crippen LogP contribution in [-0.4, -0.2) is 29.1 Å². The largest absolute Gasteiger partial charge is 0.396 e. The first-order chi connectivity index (χ1) is 10.5. The van der Waals surface area contributed by atoms with Crippen LogP contribution >= 0.6 is 0 Å². The van der Waals surface area contributed by atoms with Gasteiger partial charge in [0.15, 0.2) is 0 Å². The summed E-state index contributed by atoms with van der Waals surface area (Å²) < 4.78 is 0. The van der Waals surface area contributed by atoms with E-state index in [0.29, 0.717) is 18.2 Å². The number of nitrogens with zero attached hydrogens (tertiary/aromatic N) is 1. The highest BCUT2D eigenvalue weighted by Gasteiger charge is 2.63. The van der Waals surface area contributed by atoms with Crippen molar-refractivity contribution in [3.8, 4) is 0 Å². The lowest BCUT2D eigenvalue weighted by molar-refractivity contribution is -0.132. The van der Waals surface area contributed by atoms with E-state index in [1.165, 1.54) is 22.3 Å². The molecule has 2 aliphatic heterocycles. The van der Waals surface area contributed by atoms with Crippen LogP contribution in [0.2, 0.25) is 0 Å². The van der Waals surface area contributed by atoms with Crippen LogP contribution in [-0.2, 0) is 16.8 Å². The van der Waals surface area contributed by atoms with Crippen molar-refractivity contribution in [2.75, 3.05) is 13.2 Å². The van der Waals surface area contributed by atoms with Crippen LogP contribution in [0, 0.1) is 31.6 Å². The van der Waals surface area contributed by atoms with Crippen LogP contribution in [0.1, 0.15) is 42.0 Å². The number of benzene rings is 1. The van der Waals surface area contributed by atoms with E-state index in [-0.39, 0.29) is 24.0 Å². The van der Waals surface area contributed by atoms with Crippen LogP contribution in [0.4, 0.5) is 0 Å². The van der Waals surface area contributed by atoms with Gasteiger partial charge >= 0.3 is 0 Å². The number of amides is 1. The summed E-state index contributed by atoms with van der Waals surface area (Å²) in [7, 11) is 0. The molecular formula is C19H25NO2. The molecule has 1 saturated heterocycles. The molecule has 1 spiro atoms. The number of aliphatic hydroxyl groups excluding tert-OH is 1. The molecule has 2 heterocycles. The fourth-order valence-corrected chi connectivity index (χ4v) is 5.50. The van der Waals surface area contributed by atoms with Gasteiger partial charge in [0.25, 0.3) is 0 Å². The van der Waals surface area contributed by atoms with Crippen molar-refractivity contribution >= 4 is 5.91 Å². The number of rotatable bonds is 1. The maximum atomic E-state index is 12.6. The lowest BCUT2D eigenvalue weighted by Crippen LogP contribution is -2.49. The van der Waals surface area contributed by atoms with Crippen LogP contribution in [0.15, 0.2) is 12.1 Å². The fourth-order valence-electron chi connectivity index (χ4n) is 5.50. The third-order valence-electron chi connectivity index (χ3n) is 6.67. The fraction of sp³-hybridized carbons (Fsp3) is 0.632. The molecule has 1 aromatic rings. The van der Waals surface area contributed by atoms with E-state index in [1.807, 2.05) is 0 Å². The Morgan fingerprint density at radius 1 is 1.32 bits per heavy atom. The van der Waals surface area contributed by atoms with E-state index in [0.717, 1.165) is 19.4 Å². The standard InChI is InChI=1S/C19H25NO2/c1-11-6-14-4-5-20-18(22)8-17-15(10-21)13(3)9-19(17,20)16(14)7-12(11)2/h6-7,13,15,17,21H,4-5,8-10H2,1-3H3/t13-,15+,17-,19-/m0/s1. The van der Waals surface area contributed by atoms with Crippen LogP contribution in [0.25, 0.3) is 0 Å². The van der Waals surface area contributed by atoms with Crippen molar-refractivity contribution in [3.05, 3.63) is 34.4 Å². The second kappa shape index (κ2) is 4.58. The third kappa shape index (κ3) is 1.58. The van der Waals surface area contributed by atoms with Crippen molar-refractivity contribution in [2.45, 2.75) is 45.6 Å². The van der Waals surface area contributed by atoms with E-state index < -0.39 is 0 Å². The van der Waals surface area contributed by atoms with Gasteiger partial charge in [-0.2, -0.15) is 0 Å². The van der Waals surface area contributed by atoms with Crippen LogP contribution < -0.4 is 0 Å². The van der Waals surface area contributed by atoms with Gasteiger partial charge in [0, 0.05) is 25.5 Å². The molecule has 0 unspecified atom stereocenters. The zero-order chi connectivity index (χ0) is 15.6. The molecule has 3 aliphatic rings. The molecule has 1 aliphatic carbocycles. The Balaban J connectivity index is 1.94. The molecule has 4 atom stereocenters. The summed E-state index contributed by atoms with van der Waals surface area (Å²) in [6, 6.07) is 4.66. The van der Waals surface area contributed by atoms with Gasteiger partial charge in [-0.25, -0.2) is 0 Å². The molecule has 2 fully saturated rings. The number of aliphatic hydroxyl groups is 1. The quantitative estimate of drug-likeness (QED) is 0.866. The lowest BCUT2D eigenvalue weighted by Gasteiger charge is -2.45. The predicted octanol–water partition coefficient (Wildman–Crippen LogP) is 2.55. The number of hydrogen-bond donors (Lipinski definition) is 1. The average Bonchev–Trinajstić information content (AvgIpc) is 2.89. The summed E-state index contributed by atoms with van der Waals surface area (Å²) in [5.41, 5.74) is 5.31. The normalized spacial score (nSPS) is 36.3. The smallest absolute Gasteiger partial charge is 0.223 e. The third-order valence-corrected chi connectivity index (χ3v) is 6.67. The van der Waals surface area contributed by atoms with Gasteiger partial charge in [0.2, 0.25) is 5.91 Å². The van der Waals surface area contributed by atoms with Crippen molar-refractivity contribution in [2.24, 2.45) is 17.8 Å². The van der Waals surface area contributed by atoms with Gasteiger partial charge in [-0.1, -0.05) is 19.1 Å². The number of fused-ring (bicyclic) bond motifs is 1. The summed E-state index contributed by atoms with van der Waals surface area (Å²) in [5.74, 6) is 1.29. The Morgan fingerprint density at radius 2 is 2.05 bits per heavy atom. The van der Waals surface area contributed by atoms with Gasteiger partial charge in [0.1, 0.15) is 0 Å². The molecule has 118 valence electrons. The first-order valence-corrected chi connectivity index (χ1v) is 8.51. The first kappa shape index (κ1) is 14.3. The van der Waals surface area contributed by atoms with Gasteiger partial charge in [0.05, 0.1) is 5.54 Å². The van der Waals surface area contributed by atoms with E-state index in [2.05, 4.69) is 37.8 Å². The van der Waals surface area contributed by atoms with Crippen molar-refractivity contribution in [1.29, 1.82) is 0 Å². The Labute approximate surface area is 132 Å². The molecule has 0 bridgehead atoms. The molecule has 0 radical (unpaired) electrons. The minimum Gasteiger partial charge on any atom is -0.396 e. The summed E-state index contributed by atoms with van der Waals surface area (Å²) in [4.78, 5) is 14.7. The second-order valence-electron chi connectivity index (χ2n) is 7.65. The van der Waals surface area contributed by atoms with Gasteiger partial charge in [-0.3, -0.25) is 4.79 Å². The van der Waals surface area contributed by atoms with Crippen molar-refractivity contribution < 1.29 is 9.90 Å².